The highest BCUT2D eigenvalue weighted by Gasteiger charge is 2.35. The van der Waals surface area contributed by atoms with Crippen LogP contribution in [0.5, 0.6) is 5.75 Å². The number of amides is 1. The number of nitrogens with zero attached hydrogens (tertiary/aromatic N) is 3. The number of morpholine rings is 1. The normalized spacial score (nSPS) is 14.2. The molecular weight excluding hydrogens is 434 g/mol. The zero-order chi connectivity index (χ0) is 23.3. The van der Waals surface area contributed by atoms with Crippen LogP contribution in [0.15, 0.2) is 18.3 Å². The van der Waals surface area contributed by atoms with E-state index in [4.69, 9.17) is 9.47 Å². The summed E-state index contributed by atoms with van der Waals surface area (Å²) in [5.74, 6) is -0.596. The lowest BCUT2D eigenvalue weighted by molar-refractivity contribution is -0.137. The van der Waals surface area contributed by atoms with Crippen molar-refractivity contribution in [2.45, 2.75) is 13.1 Å². The van der Waals surface area contributed by atoms with Crippen LogP contribution in [-0.2, 0) is 10.9 Å². The average Bonchev–Trinajstić information content (AvgIpc) is 2.78. The van der Waals surface area contributed by atoms with Crippen LogP contribution in [0.25, 0.3) is 0 Å². The highest BCUT2D eigenvalue weighted by molar-refractivity contribution is 5.97. The van der Waals surface area contributed by atoms with E-state index in [0.717, 1.165) is 0 Å². The van der Waals surface area contributed by atoms with Gasteiger partial charge in [0.25, 0.3) is 5.91 Å². The maximum Gasteiger partial charge on any atom is 0.421 e. The van der Waals surface area contributed by atoms with Crippen molar-refractivity contribution in [1.29, 1.82) is 0 Å². The van der Waals surface area contributed by atoms with Crippen LogP contribution in [0.3, 0.4) is 0 Å². The molecule has 0 spiro atoms. The minimum atomic E-state index is -4.62. The maximum absolute atomic E-state index is 13.1. The molecule has 1 aromatic carbocycles. The van der Waals surface area contributed by atoms with Gasteiger partial charge in [0.05, 0.1) is 18.9 Å². The van der Waals surface area contributed by atoms with Crippen molar-refractivity contribution in [1.82, 2.24) is 14.9 Å². The summed E-state index contributed by atoms with van der Waals surface area (Å²) in [4.78, 5) is 22.2. The molecule has 2 heterocycles. The predicted molar refractivity (Wildman–Crippen MR) is 109 cm³/mol. The molecule has 1 aliphatic heterocycles. The van der Waals surface area contributed by atoms with Gasteiger partial charge in [-0.3, -0.25) is 4.79 Å². The van der Waals surface area contributed by atoms with Crippen molar-refractivity contribution in [3.8, 4) is 5.75 Å². The molecular formula is C20H23F4N5O3. The molecule has 1 aliphatic rings. The third-order valence-corrected chi connectivity index (χ3v) is 4.77. The SMILES string of the molecule is CNc1nc(Nc2cc(C)c(C(=O)N3CCOCC3)cc2OCCF)ncc1C(F)(F)F. The van der Waals surface area contributed by atoms with Gasteiger partial charge in [0.1, 0.15) is 30.4 Å². The highest BCUT2D eigenvalue weighted by Crippen LogP contribution is 2.35. The molecule has 1 amide bonds. The van der Waals surface area contributed by atoms with Gasteiger partial charge in [-0.2, -0.15) is 18.2 Å². The molecule has 0 aliphatic carbocycles. The van der Waals surface area contributed by atoms with Crippen LogP contribution in [0, 0.1) is 6.92 Å². The van der Waals surface area contributed by atoms with E-state index >= 15 is 0 Å². The van der Waals surface area contributed by atoms with E-state index in [-0.39, 0.29) is 29.9 Å². The third-order valence-electron chi connectivity index (χ3n) is 4.77. The van der Waals surface area contributed by atoms with E-state index < -0.39 is 24.2 Å². The van der Waals surface area contributed by atoms with Crippen molar-refractivity contribution in [3.63, 3.8) is 0 Å². The quantitative estimate of drug-likeness (QED) is 0.616. The Bertz CT molecular complexity index is 965. The topological polar surface area (TPSA) is 88.6 Å². The van der Waals surface area contributed by atoms with E-state index in [0.29, 0.717) is 43.6 Å². The molecule has 2 aromatic rings. The highest BCUT2D eigenvalue weighted by atomic mass is 19.4. The van der Waals surface area contributed by atoms with Gasteiger partial charge in [-0.1, -0.05) is 0 Å². The molecule has 1 fully saturated rings. The summed E-state index contributed by atoms with van der Waals surface area (Å²) in [5, 5.41) is 5.20. The Morgan fingerprint density at radius 3 is 2.62 bits per heavy atom. The van der Waals surface area contributed by atoms with E-state index in [1.165, 1.54) is 13.1 Å². The van der Waals surface area contributed by atoms with Crippen LogP contribution in [0.1, 0.15) is 21.5 Å². The van der Waals surface area contributed by atoms with Crippen molar-refractivity contribution < 1.29 is 31.8 Å². The van der Waals surface area contributed by atoms with Gasteiger partial charge in [-0.05, 0) is 24.6 Å². The van der Waals surface area contributed by atoms with Gasteiger partial charge in [-0.15, -0.1) is 0 Å². The Morgan fingerprint density at radius 1 is 1.28 bits per heavy atom. The molecule has 0 saturated carbocycles. The first-order valence-electron chi connectivity index (χ1n) is 9.84. The van der Waals surface area contributed by atoms with Crippen LogP contribution >= 0.6 is 0 Å². The van der Waals surface area contributed by atoms with Crippen LogP contribution < -0.4 is 15.4 Å². The van der Waals surface area contributed by atoms with Gasteiger partial charge >= 0.3 is 6.18 Å². The summed E-state index contributed by atoms with van der Waals surface area (Å²) in [5.41, 5.74) is 0.242. The van der Waals surface area contributed by atoms with Gasteiger partial charge < -0.3 is 25.0 Å². The second-order valence-electron chi connectivity index (χ2n) is 6.93. The number of aryl methyl sites for hydroxylation is 1. The Morgan fingerprint density at radius 2 is 2.00 bits per heavy atom. The lowest BCUT2D eigenvalue weighted by atomic mass is 10.1. The standard InChI is InChI=1S/C20H23F4N5O3/c1-12-9-15(27-19-26-11-14(20(22,23)24)17(25-2)28-19)16(32-6-3-21)10-13(12)18(30)29-4-7-31-8-5-29/h9-11H,3-8H2,1-2H3,(H2,25,26,27,28). The van der Waals surface area contributed by atoms with Gasteiger partial charge in [0.2, 0.25) is 5.95 Å². The number of anilines is 3. The van der Waals surface area contributed by atoms with Crippen LogP contribution in [-0.4, -0.2) is 67.4 Å². The van der Waals surface area contributed by atoms with Crippen molar-refractivity contribution in [2.75, 3.05) is 57.3 Å². The number of carbonyl (C=O) groups is 1. The number of alkyl halides is 4. The van der Waals surface area contributed by atoms with E-state index in [1.54, 1.807) is 17.9 Å². The molecule has 8 nitrogen and oxygen atoms in total. The number of aromatic nitrogens is 2. The van der Waals surface area contributed by atoms with Crippen molar-refractivity contribution in [2.24, 2.45) is 0 Å². The van der Waals surface area contributed by atoms with Gasteiger partial charge in [0, 0.05) is 31.9 Å². The summed E-state index contributed by atoms with van der Waals surface area (Å²) in [6, 6.07) is 3.06. The number of carbonyl (C=O) groups excluding carboxylic acids is 1. The van der Waals surface area contributed by atoms with Crippen LogP contribution in [0.4, 0.5) is 35.0 Å². The van der Waals surface area contributed by atoms with E-state index in [2.05, 4.69) is 20.6 Å². The molecule has 0 radical (unpaired) electrons. The molecule has 3 rings (SSSR count). The minimum absolute atomic E-state index is 0.126. The molecule has 1 saturated heterocycles. The van der Waals surface area contributed by atoms with E-state index in [9.17, 15) is 22.4 Å². The zero-order valence-electron chi connectivity index (χ0n) is 17.6. The zero-order valence-corrected chi connectivity index (χ0v) is 17.6. The molecule has 1 aromatic heterocycles. The minimum Gasteiger partial charge on any atom is -0.489 e. The van der Waals surface area contributed by atoms with Gasteiger partial charge in [0.15, 0.2) is 0 Å². The number of nitrogens with one attached hydrogen (secondary N) is 2. The Balaban J connectivity index is 1.93. The number of hydrogen-bond acceptors (Lipinski definition) is 7. The average molecular weight is 457 g/mol. The Kier molecular flexibility index (Phi) is 7.33. The Labute approximate surface area is 181 Å². The molecule has 32 heavy (non-hydrogen) atoms. The maximum atomic E-state index is 13.1. The fourth-order valence-electron chi connectivity index (χ4n) is 3.18. The molecule has 0 atom stereocenters. The predicted octanol–water partition coefficient (Wildman–Crippen LogP) is 3.41. The summed E-state index contributed by atoms with van der Waals surface area (Å²) in [6.45, 7) is 2.46. The number of ether oxygens (including phenoxy) is 2. The van der Waals surface area contributed by atoms with Crippen molar-refractivity contribution >= 4 is 23.4 Å². The molecule has 174 valence electrons. The second-order valence-corrected chi connectivity index (χ2v) is 6.93. The smallest absolute Gasteiger partial charge is 0.421 e. The Hall–Kier alpha value is -3.15. The monoisotopic (exact) mass is 457 g/mol. The number of hydrogen-bond donors (Lipinski definition) is 2. The lowest BCUT2D eigenvalue weighted by Gasteiger charge is -2.27. The molecule has 2 N–H and O–H groups in total. The van der Waals surface area contributed by atoms with Gasteiger partial charge in [-0.25, -0.2) is 9.37 Å². The first-order valence-corrected chi connectivity index (χ1v) is 9.84. The number of rotatable bonds is 7. The molecule has 0 bridgehead atoms. The second kappa shape index (κ2) is 9.98. The summed E-state index contributed by atoms with van der Waals surface area (Å²) in [7, 11) is 1.31. The summed E-state index contributed by atoms with van der Waals surface area (Å²) >= 11 is 0. The first-order chi connectivity index (χ1) is 15.2. The fourth-order valence-corrected chi connectivity index (χ4v) is 3.18. The number of benzene rings is 1. The number of halogens is 4. The van der Waals surface area contributed by atoms with E-state index in [1.807, 2.05) is 0 Å². The summed E-state index contributed by atoms with van der Waals surface area (Å²) < 4.78 is 62.7. The lowest BCUT2D eigenvalue weighted by Crippen LogP contribution is -2.41. The van der Waals surface area contributed by atoms with Crippen molar-refractivity contribution in [3.05, 3.63) is 35.0 Å². The molecule has 12 heteroatoms. The third kappa shape index (κ3) is 5.36. The van der Waals surface area contributed by atoms with Crippen LogP contribution in [0.2, 0.25) is 0 Å². The summed E-state index contributed by atoms with van der Waals surface area (Å²) in [6.07, 6.45) is -3.96. The molecule has 0 unspecified atom stereocenters. The fraction of sp³-hybridized carbons (Fsp3) is 0.450. The first kappa shape index (κ1) is 23.5. The largest absolute Gasteiger partial charge is 0.489 e.